The fourth-order valence-electron chi connectivity index (χ4n) is 1.63. The highest BCUT2D eigenvalue weighted by Gasteiger charge is 2.28. The Morgan fingerprint density at radius 3 is 1.86 bits per heavy atom. The second kappa shape index (κ2) is 10.4. The Labute approximate surface area is 135 Å². The van der Waals surface area contributed by atoms with E-state index in [0.717, 1.165) is 0 Å². The minimum absolute atomic E-state index is 0. The van der Waals surface area contributed by atoms with Crippen LogP contribution in [0.5, 0.6) is 0 Å². The number of likely N-dealkylation sites (N-methyl/N-ethyl adjacent to an activating group) is 1. The predicted molar refractivity (Wildman–Crippen MR) is 72.6 cm³/mol. The van der Waals surface area contributed by atoms with Crippen molar-refractivity contribution in [2.45, 2.75) is 26.4 Å². The van der Waals surface area contributed by atoms with Gasteiger partial charge in [-0.15, -0.1) is 0 Å². The van der Waals surface area contributed by atoms with Crippen LogP contribution in [0, 0.1) is 0 Å². The molecular formula is C13H22BrN3O4. The van der Waals surface area contributed by atoms with Gasteiger partial charge in [0, 0.05) is 0 Å². The van der Waals surface area contributed by atoms with Gasteiger partial charge >= 0.3 is 5.97 Å². The lowest BCUT2D eigenvalue weighted by Crippen LogP contribution is -3.00. The summed E-state index contributed by atoms with van der Waals surface area (Å²) >= 11 is 0. The smallest absolute Gasteiger partial charge is 0.362 e. The maximum absolute atomic E-state index is 11.9. The first-order valence-electron chi connectivity index (χ1n) is 6.35. The van der Waals surface area contributed by atoms with Crippen molar-refractivity contribution in [3.05, 3.63) is 0 Å². The Balaban J connectivity index is 0. The zero-order chi connectivity index (χ0) is 15.6. The average Bonchev–Trinajstić information content (AvgIpc) is 2.26. The van der Waals surface area contributed by atoms with Gasteiger partial charge in [0.15, 0.2) is 6.54 Å². The molecule has 0 aliphatic rings. The summed E-state index contributed by atoms with van der Waals surface area (Å²) < 4.78 is 5.56. The summed E-state index contributed by atoms with van der Waals surface area (Å²) in [6.07, 6.45) is 2.92. The van der Waals surface area contributed by atoms with Crippen LogP contribution in [-0.4, -0.2) is 68.0 Å². The number of ether oxygens (including phenoxy) is 1. The maximum Gasteiger partial charge on any atom is 0.362 e. The van der Waals surface area contributed by atoms with E-state index in [2.05, 4.69) is 9.98 Å². The molecule has 0 aliphatic heterocycles. The summed E-state index contributed by atoms with van der Waals surface area (Å²) in [5.41, 5.74) is -0.552. The molecular weight excluding hydrogens is 342 g/mol. The number of rotatable bonds is 8. The van der Waals surface area contributed by atoms with Crippen LogP contribution >= 0.6 is 0 Å². The number of halogens is 1. The molecule has 0 amide bonds. The van der Waals surface area contributed by atoms with Crippen molar-refractivity contribution in [3.8, 4) is 0 Å². The molecule has 0 saturated heterocycles. The van der Waals surface area contributed by atoms with Crippen molar-refractivity contribution in [2.75, 3.05) is 39.8 Å². The normalized spacial score (nSPS) is 13.0. The lowest BCUT2D eigenvalue weighted by atomic mass is 10.2. The van der Waals surface area contributed by atoms with E-state index in [-0.39, 0.29) is 47.1 Å². The van der Waals surface area contributed by atoms with E-state index < -0.39 is 5.60 Å². The fraction of sp³-hybridized carbons (Fsp3) is 0.769. The van der Waals surface area contributed by atoms with Crippen LogP contribution < -0.4 is 17.0 Å². The average molecular weight is 364 g/mol. The molecule has 21 heavy (non-hydrogen) atoms. The molecule has 0 rings (SSSR count). The van der Waals surface area contributed by atoms with Gasteiger partial charge in [-0.05, 0) is 20.8 Å². The largest absolute Gasteiger partial charge is 1.00 e. The Morgan fingerprint density at radius 2 is 1.52 bits per heavy atom. The van der Waals surface area contributed by atoms with Crippen LogP contribution in [0.3, 0.4) is 0 Å². The molecule has 8 heteroatoms. The van der Waals surface area contributed by atoms with Crippen molar-refractivity contribution in [3.63, 3.8) is 0 Å². The van der Waals surface area contributed by atoms with Crippen LogP contribution in [0.4, 0.5) is 0 Å². The van der Waals surface area contributed by atoms with Gasteiger partial charge in [0.2, 0.25) is 12.2 Å². The molecule has 0 atom stereocenters. The first-order chi connectivity index (χ1) is 9.22. The zero-order valence-corrected chi connectivity index (χ0v) is 14.5. The number of carbonyl (C=O) groups is 1. The van der Waals surface area contributed by atoms with E-state index >= 15 is 0 Å². The first-order valence-corrected chi connectivity index (χ1v) is 6.35. The summed E-state index contributed by atoms with van der Waals surface area (Å²) in [7, 11) is 1.82. The van der Waals surface area contributed by atoms with E-state index in [1.165, 1.54) is 12.2 Å². The summed E-state index contributed by atoms with van der Waals surface area (Å²) in [6, 6.07) is 0. The second-order valence-corrected chi connectivity index (χ2v) is 5.76. The van der Waals surface area contributed by atoms with E-state index in [0.29, 0.717) is 13.1 Å². The third-order valence-corrected chi connectivity index (χ3v) is 2.56. The maximum atomic E-state index is 11.9. The van der Waals surface area contributed by atoms with Crippen molar-refractivity contribution >= 4 is 18.1 Å². The van der Waals surface area contributed by atoms with Gasteiger partial charge in [-0.1, -0.05) is 0 Å². The molecule has 7 nitrogen and oxygen atoms in total. The van der Waals surface area contributed by atoms with E-state index in [1.54, 1.807) is 20.8 Å². The topological polar surface area (TPSA) is 85.2 Å². The molecule has 0 saturated carbocycles. The standard InChI is InChI=1S/C13H22N3O4.BrH/c1-13(2,3)20-12(19)9-16(4,7-5-14-10-17)8-6-15-11-18;/h5-9H2,1-4H3;1H/q+1;/p-1. The Bertz CT molecular complexity index is 400. The van der Waals surface area contributed by atoms with Crippen molar-refractivity contribution in [1.82, 2.24) is 0 Å². The van der Waals surface area contributed by atoms with Crippen molar-refractivity contribution in [2.24, 2.45) is 9.98 Å². The van der Waals surface area contributed by atoms with Crippen LogP contribution in [0.1, 0.15) is 20.8 Å². The van der Waals surface area contributed by atoms with E-state index in [1.807, 2.05) is 7.05 Å². The van der Waals surface area contributed by atoms with Gasteiger partial charge in [0.05, 0.1) is 20.1 Å². The van der Waals surface area contributed by atoms with E-state index in [9.17, 15) is 14.4 Å². The SMILES string of the molecule is CC(C)(C)OC(=O)C[N+](C)(CCN=C=O)CCN=C=O.[Br-]. The number of isocyanates is 2. The molecule has 0 heterocycles. The number of aliphatic imine (C=N–C) groups is 2. The highest BCUT2D eigenvalue weighted by molar-refractivity contribution is 5.71. The Hall–Kier alpha value is -1.33. The number of quaternary nitrogens is 1. The summed E-state index contributed by atoms with van der Waals surface area (Å²) in [5, 5.41) is 0. The van der Waals surface area contributed by atoms with Crippen LogP contribution in [0.25, 0.3) is 0 Å². The van der Waals surface area contributed by atoms with E-state index in [4.69, 9.17) is 4.74 Å². The summed E-state index contributed by atoms with van der Waals surface area (Å²) in [6.45, 7) is 6.95. The monoisotopic (exact) mass is 363 g/mol. The van der Waals surface area contributed by atoms with Gasteiger partial charge in [0.25, 0.3) is 0 Å². The highest BCUT2D eigenvalue weighted by atomic mass is 79.9. The molecule has 0 aliphatic carbocycles. The molecule has 0 aromatic carbocycles. The van der Waals surface area contributed by atoms with Crippen molar-refractivity contribution in [1.29, 1.82) is 0 Å². The number of nitrogens with zero attached hydrogens (tertiary/aromatic N) is 3. The molecule has 0 bridgehead atoms. The molecule has 0 fully saturated rings. The number of carbonyl (C=O) groups excluding carboxylic acids is 3. The number of esters is 1. The van der Waals surface area contributed by atoms with Crippen LogP contribution in [-0.2, 0) is 19.1 Å². The lowest BCUT2D eigenvalue weighted by Gasteiger charge is -2.33. The second-order valence-electron chi connectivity index (χ2n) is 5.76. The van der Waals surface area contributed by atoms with Gasteiger partial charge in [0.1, 0.15) is 18.7 Å². The summed E-state index contributed by atoms with van der Waals surface area (Å²) in [5.74, 6) is -0.342. The molecule has 0 aromatic heterocycles. The van der Waals surface area contributed by atoms with Crippen LogP contribution in [0.2, 0.25) is 0 Å². The lowest BCUT2D eigenvalue weighted by molar-refractivity contribution is -0.899. The molecule has 0 unspecified atom stereocenters. The molecule has 0 spiro atoms. The third-order valence-electron chi connectivity index (χ3n) is 2.56. The fourth-order valence-corrected chi connectivity index (χ4v) is 1.63. The number of hydrogen-bond acceptors (Lipinski definition) is 6. The first kappa shape index (κ1) is 22.0. The molecule has 120 valence electrons. The Morgan fingerprint density at radius 1 is 1.10 bits per heavy atom. The molecule has 0 N–H and O–H groups in total. The highest BCUT2D eigenvalue weighted by Crippen LogP contribution is 2.10. The summed E-state index contributed by atoms with van der Waals surface area (Å²) in [4.78, 5) is 39.1. The minimum Gasteiger partial charge on any atom is -1.00 e. The van der Waals surface area contributed by atoms with Gasteiger partial charge in [-0.3, -0.25) is 0 Å². The van der Waals surface area contributed by atoms with Crippen molar-refractivity contribution < 1.29 is 40.6 Å². The third kappa shape index (κ3) is 12.1. The van der Waals surface area contributed by atoms with Gasteiger partial charge in [-0.2, -0.15) is 9.98 Å². The van der Waals surface area contributed by atoms with Gasteiger partial charge < -0.3 is 26.2 Å². The predicted octanol–water partition coefficient (Wildman–Crippen LogP) is -2.55. The van der Waals surface area contributed by atoms with Gasteiger partial charge in [-0.25, -0.2) is 14.4 Å². The quantitative estimate of drug-likeness (QED) is 0.205. The molecule has 0 aromatic rings. The molecule has 0 radical (unpaired) electrons. The zero-order valence-electron chi connectivity index (χ0n) is 12.9. The minimum atomic E-state index is -0.552. The van der Waals surface area contributed by atoms with Crippen LogP contribution in [0.15, 0.2) is 9.98 Å². The Kier molecular flexibility index (Phi) is 10.9. The number of hydrogen-bond donors (Lipinski definition) is 0.